The highest BCUT2D eigenvalue weighted by Crippen LogP contribution is 2.45. The minimum Gasteiger partial charge on any atom is -0.462 e. The molecule has 0 spiro atoms. The summed E-state index contributed by atoms with van der Waals surface area (Å²) in [5.74, 6) is 1.03. The number of rotatable bonds is 82. The average Bonchev–Trinajstić information content (AvgIpc) is 0.960. The van der Waals surface area contributed by atoms with Crippen molar-refractivity contribution in [1.29, 1.82) is 0 Å². The summed E-state index contributed by atoms with van der Waals surface area (Å²) < 4.78 is 68.8. The van der Waals surface area contributed by atoms with Crippen LogP contribution in [0.3, 0.4) is 0 Å². The Morgan fingerprint density at radius 1 is 0.269 bits per heavy atom. The molecule has 3 N–H and O–H groups in total. The summed E-state index contributed by atoms with van der Waals surface area (Å²) in [5, 5.41) is 10.7. The van der Waals surface area contributed by atoms with E-state index >= 15 is 0 Å². The van der Waals surface area contributed by atoms with E-state index in [1.807, 2.05) is 0 Å². The van der Waals surface area contributed by atoms with Crippen molar-refractivity contribution < 1.29 is 80.2 Å². The van der Waals surface area contributed by atoms with Gasteiger partial charge in [0.25, 0.3) is 0 Å². The molecule has 0 aliphatic carbocycles. The molecule has 0 amide bonds. The first kappa shape index (κ1) is 102. The van der Waals surface area contributed by atoms with Gasteiger partial charge in [-0.05, 0) is 49.4 Å². The van der Waals surface area contributed by atoms with Gasteiger partial charge in [0.1, 0.15) is 19.3 Å². The largest absolute Gasteiger partial charge is 0.472 e. The number of hydrogen-bond donors (Lipinski definition) is 3. The van der Waals surface area contributed by atoms with E-state index in [9.17, 15) is 43.2 Å². The average molecular weight is 1520 g/mol. The van der Waals surface area contributed by atoms with E-state index < -0.39 is 97.5 Å². The zero-order chi connectivity index (χ0) is 76.7. The van der Waals surface area contributed by atoms with Crippen LogP contribution in [0.2, 0.25) is 0 Å². The highest BCUT2D eigenvalue weighted by molar-refractivity contribution is 7.47. The van der Waals surface area contributed by atoms with Crippen molar-refractivity contribution in [1.82, 2.24) is 0 Å². The Morgan fingerprint density at radius 3 is 0.683 bits per heavy atom. The minimum absolute atomic E-state index is 0.107. The van der Waals surface area contributed by atoms with Crippen molar-refractivity contribution in [3.63, 3.8) is 0 Å². The maximum atomic E-state index is 13.1. The Balaban J connectivity index is 5.15. The monoisotopic (exact) mass is 1520 g/mol. The number of ether oxygens (including phenoxy) is 4. The second-order valence-electron chi connectivity index (χ2n) is 32.0. The topological polar surface area (TPSA) is 237 Å². The van der Waals surface area contributed by atoms with E-state index in [4.69, 9.17) is 37.0 Å². The Kier molecular flexibility index (Phi) is 72.5. The molecule has 0 aliphatic rings. The number of aliphatic hydroxyl groups is 1. The molecule has 104 heavy (non-hydrogen) atoms. The third kappa shape index (κ3) is 75.5. The van der Waals surface area contributed by atoms with Crippen LogP contribution >= 0.6 is 15.6 Å². The Labute approximate surface area is 638 Å². The normalized spacial score (nSPS) is 14.5. The van der Waals surface area contributed by atoms with Crippen LogP contribution in [0.5, 0.6) is 0 Å². The summed E-state index contributed by atoms with van der Waals surface area (Å²) in [6.45, 7) is 14.3. The van der Waals surface area contributed by atoms with Crippen LogP contribution in [0.25, 0.3) is 0 Å². The second-order valence-corrected chi connectivity index (χ2v) is 34.9. The molecule has 0 saturated carbocycles. The van der Waals surface area contributed by atoms with Crippen molar-refractivity contribution in [2.24, 2.45) is 23.7 Å². The minimum atomic E-state index is -4.96. The van der Waals surface area contributed by atoms with E-state index in [1.165, 1.54) is 238 Å². The van der Waals surface area contributed by atoms with Gasteiger partial charge in [-0.2, -0.15) is 0 Å². The van der Waals surface area contributed by atoms with Gasteiger partial charge in [0, 0.05) is 25.7 Å². The molecule has 0 bridgehead atoms. The summed E-state index contributed by atoms with van der Waals surface area (Å²) in [4.78, 5) is 73.1. The van der Waals surface area contributed by atoms with E-state index in [1.54, 1.807) is 0 Å². The Bertz CT molecular complexity index is 2030. The maximum absolute atomic E-state index is 13.1. The lowest BCUT2D eigenvalue weighted by atomic mass is 9.99. The van der Waals surface area contributed by atoms with E-state index in [2.05, 4.69) is 55.4 Å². The number of carbonyl (C=O) groups excluding carboxylic acids is 4. The van der Waals surface area contributed by atoms with E-state index in [-0.39, 0.29) is 25.7 Å². The Morgan fingerprint density at radius 2 is 0.462 bits per heavy atom. The first-order valence-electron chi connectivity index (χ1n) is 43.8. The quantitative estimate of drug-likeness (QED) is 0.0222. The highest BCUT2D eigenvalue weighted by Gasteiger charge is 2.30. The molecule has 0 aromatic carbocycles. The van der Waals surface area contributed by atoms with Gasteiger partial charge >= 0.3 is 39.5 Å². The number of esters is 4. The van der Waals surface area contributed by atoms with Crippen molar-refractivity contribution >= 4 is 39.5 Å². The van der Waals surface area contributed by atoms with Crippen LogP contribution in [0.1, 0.15) is 441 Å². The summed E-state index contributed by atoms with van der Waals surface area (Å²) in [7, 11) is -9.93. The molecule has 5 unspecified atom stereocenters. The predicted octanol–water partition coefficient (Wildman–Crippen LogP) is 25.6. The molecule has 0 saturated heterocycles. The van der Waals surface area contributed by atoms with E-state index in [0.717, 1.165) is 114 Å². The molecule has 7 atom stereocenters. The molecule has 17 nitrogen and oxygen atoms in total. The van der Waals surface area contributed by atoms with Crippen LogP contribution in [0.4, 0.5) is 0 Å². The van der Waals surface area contributed by atoms with Gasteiger partial charge in [0.15, 0.2) is 12.2 Å². The summed E-state index contributed by atoms with van der Waals surface area (Å²) in [5.41, 5.74) is 0. The summed E-state index contributed by atoms with van der Waals surface area (Å²) in [6, 6.07) is 0. The number of aliphatic hydroxyl groups excluding tert-OH is 1. The third-order valence-electron chi connectivity index (χ3n) is 20.5. The van der Waals surface area contributed by atoms with Crippen LogP contribution < -0.4 is 0 Å². The number of phosphoric ester groups is 2. The molecule has 0 radical (unpaired) electrons. The van der Waals surface area contributed by atoms with Gasteiger partial charge in [0.2, 0.25) is 0 Å². The number of unbranched alkanes of at least 4 members (excludes halogenated alkanes) is 46. The summed E-state index contributed by atoms with van der Waals surface area (Å²) in [6.07, 6.45) is 62.7. The fraction of sp³-hybridized carbons (Fsp3) is 0.953. The van der Waals surface area contributed by atoms with Gasteiger partial charge in [-0.1, -0.05) is 389 Å². The van der Waals surface area contributed by atoms with Gasteiger partial charge in [-0.25, -0.2) is 9.13 Å². The molecule has 0 aromatic rings. The van der Waals surface area contributed by atoms with Crippen LogP contribution in [0, 0.1) is 23.7 Å². The molecule has 0 aliphatic heterocycles. The summed E-state index contributed by atoms with van der Waals surface area (Å²) >= 11 is 0. The molecule has 0 heterocycles. The zero-order valence-electron chi connectivity index (χ0n) is 68.7. The maximum Gasteiger partial charge on any atom is 0.472 e. The standard InChI is InChI=1S/C85H166O17P2/c1-9-77(7)63-55-47-38-32-28-24-20-16-12-14-18-22-26-30-34-42-51-59-67-84(89)101-80(71-95-82(87)65-57-49-40-36-35-39-48-56-64-78(8)10-2)73-99-103(91,92)97-69-79(86)70-98-104(93,94)100-74-81(72-96-83(88)66-58-50-44-43-46-54-62-76(5)6)102-85(90)68-60-52-41-33-29-25-21-17-13-11-15-19-23-27-31-37-45-53-61-75(3)4/h75-81,86H,9-74H2,1-8H3,(H,91,92)(H,93,94)/t77?,78?,79?,80-,81-/m1/s1. The number of phosphoric acid groups is 2. The van der Waals surface area contributed by atoms with Crippen LogP contribution in [0.15, 0.2) is 0 Å². The first-order chi connectivity index (χ1) is 50.2. The first-order valence-corrected chi connectivity index (χ1v) is 46.8. The molecular formula is C85H166O17P2. The van der Waals surface area contributed by atoms with Gasteiger partial charge in [-0.3, -0.25) is 37.3 Å². The lowest BCUT2D eigenvalue weighted by Crippen LogP contribution is -2.30. The van der Waals surface area contributed by atoms with Crippen molar-refractivity contribution in [2.45, 2.75) is 459 Å². The van der Waals surface area contributed by atoms with Crippen LogP contribution in [-0.2, 0) is 65.4 Å². The zero-order valence-corrected chi connectivity index (χ0v) is 70.5. The lowest BCUT2D eigenvalue weighted by Gasteiger charge is -2.21. The number of hydrogen-bond acceptors (Lipinski definition) is 15. The van der Waals surface area contributed by atoms with Gasteiger partial charge in [0.05, 0.1) is 26.4 Å². The van der Waals surface area contributed by atoms with Gasteiger partial charge in [-0.15, -0.1) is 0 Å². The highest BCUT2D eigenvalue weighted by atomic mass is 31.2. The molecule has 0 aromatic heterocycles. The fourth-order valence-electron chi connectivity index (χ4n) is 13.1. The molecule has 19 heteroatoms. The molecule has 0 fully saturated rings. The van der Waals surface area contributed by atoms with Gasteiger partial charge < -0.3 is 33.8 Å². The van der Waals surface area contributed by atoms with Crippen molar-refractivity contribution in [2.75, 3.05) is 39.6 Å². The molecule has 618 valence electrons. The molecule has 0 rings (SSSR count). The van der Waals surface area contributed by atoms with Crippen LogP contribution in [-0.4, -0.2) is 96.7 Å². The lowest BCUT2D eigenvalue weighted by molar-refractivity contribution is -0.161. The van der Waals surface area contributed by atoms with E-state index in [0.29, 0.717) is 31.6 Å². The van der Waals surface area contributed by atoms with Crippen molar-refractivity contribution in [3.05, 3.63) is 0 Å². The predicted molar refractivity (Wildman–Crippen MR) is 428 cm³/mol. The Hall–Kier alpha value is -1.94. The smallest absolute Gasteiger partial charge is 0.462 e. The SMILES string of the molecule is CCC(C)CCCCCCCCCCCCCCCCCCCCC(=O)O[C@H](COC(=O)CCCCCCCCCCC(C)CC)COP(=O)(O)OCC(O)COP(=O)(O)OC[C@@H](COC(=O)CCCCCCCCC(C)C)OC(=O)CCCCCCCCCCCCCCCCCCCCC(C)C. The van der Waals surface area contributed by atoms with Crippen molar-refractivity contribution in [3.8, 4) is 0 Å². The fourth-order valence-corrected chi connectivity index (χ4v) is 14.7. The molecular weight excluding hydrogens is 1350 g/mol. The third-order valence-corrected chi connectivity index (χ3v) is 22.4. The number of carbonyl (C=O) groups is 4. The second kappa shape index (κ2) is 73.8.